The van der Waals surface area contributed by atoms with Crippen molar-refractivity contribution in [3.8, 4) is 23.1 Å². The summed E-state index contributed by atoms with van der Waals surface area (Å²) in [6.45, 7) is 3.67. The van der Waals surface area contributed by atoms with Crippen molar-refractivity contribution in [1.29, 1.82) is 5.26 Å². The van der Waals surface area contributed by atoms with Crippen molar-refractivity contribution < 1.29 is 17.9 Å². The van der Waals surface area contributed by atoms with E-state index >= 15 is 0 Å². The molecule has 10 heteroatoms. The molecule has 0 aliphatic heterocycles. The fourth-order valence-corrected chi connectivity index (χ4v) is 6.34. The fourth-order valence-electron chi connectivity index (χ4n) is 5.00. The SMILES string of the molecule is CC[C@@H](c1cc(F)cc(C#N)c1)n1c(CC2CC2)nc(O)c(S(=O)(=O)c2ccc(-c3ccncc3C)cc2)c1=O. The molecule has 1 saturated carbocycles. The highest BCUT2D eigenvalue weighted by Gasteiger charge is 2.33. The summed E-state index contributed by atoms with van der Waals surface area (Å²) in [6, 6.07) is 12.8. The number of aryl methyl sites for hydroxylation is 1. The number of benzene rings is 2. The first kappa shape index (κ1) is 27.2. The van der Waals surface area contributed by atoms with Gasteiger partial charge in [-0.1, -0.05) is 19.1 Å². The van der Waals surface area contributed by atoms with Crippen molar-refractivity contribution in [2.75, 3.05) is 0 Å². The largest absolute Gasteiger partial charge is 0.492 e. The number of nitrogens with zero attached hydrogens (tertiary/aromatic N) is 4. The number of aromatic hydroxyl groups is 1. The van der Waals surface area contributed by atoms with Gasteiger partial charge in [-0.05, 0) is 90.8 Å². The maximum Gasteiger partial charge on any atom is 0.277 e. The molecule has 1 aliphatic rings. The van der Waals surface area contributed by atoms with Gasteiger partial charge < -0.3 is 5.11 Å². The fraction of sp³-hybridized carbons (Fsp3) is 0.267. The maximum absolute atomic E-state index is 14.4. The Balaban J connectivity index is 1.66. The van der Waals surface area contributed by atoms with Crippen LogP contribution in [0.5, 0.6) is 5.88 Å². The number of halogens is 1. The van der Waals surface area contributed by atoms with Crippen LogP contribution in [-0.2, 0) is 16.3 Å². The van der Waals surface area contributed by atoms with E-state index in [1.165, 1.54) is 28.8 Å². The number of hydrogen-bond acceptors (Lipinski definition) is 7. The summed E-state index contributed by atoms with van der Waals surface area (Å²) < 4.78 is 43.2. The number of rotatable bonds is 8. The normalized spacial score (nSPS) is 14.1. The third-order valence-corrected chi connectivity index (χ3v) is 8.98. The smallest absolute Gasteiger partial charge is 0.277 e. The van der Waals surface area contributed by atoms with Gasteiger partial charge >= 0.3 is 0 Å². The van der Waals surface area contributed by atoms with Crippen LogP contribution >= 0.6 is 0 Å². The predicted molar refractivity (Wildman–Crippen MR) is 146 cm³/mol. The molecular formula is C30H27FN4O4S. The first-order chi connectivity index (χ1) is 19.1. The van der Waals surface area contributed by atoms with E-state index in [2.05, 4.69) is 9.97 Å². The lowest BCUT2D eigenvalue weighted by Gasteiger charge is -2.23. The lowest BCUT2D eigenvalue weighted by molar-refractivity contribution is 0.405. The van der Waals surface area contributed by atoms with E-state index < -0.39 is 38.0 Å². The molecule has 0 radical (unpaired) electrons. The van der Waals surface area contributed by atoms with E-state index in [0.29, 0.717) is 12.0 Å². The highest BCUT2D eigenvalue weighted by Crippen LogP contribution is 2.35. The van der Waals surface area contributed by atoms with Crippen molar-refractivity contribution in [2.45, 2.75) is 55.4 Å². The first-order valence-corrected chi connectivity index (χ1v) is 14.4. The molecule has 1 fully saturated rings. The second kappa shape index (κ2) is 10.7. The van der Waals surface area contributed by atoms with E-state index in [0.717, 1.165) is 35.6 Å². The van der Waals surface area contributed by atoms with Crippen molar-refractivity contribution in [1.82, 2.24) is 14.5 Å². The average molecular weight is 559 g/mol. The minimum Gasteiger partial charge on any atom is -0.492 e. The summed E-state index contributed by atoms with van der Waals surface area (Å²) in [7, 11) is -4.49. The molecule has 8 nitrogen and oxygen atoms in total. The maximum atomic E-state index is 14.4. The minimum atomic E-state index is -4.49. The molecule has 0 unspecified atom stereocenters. The van der Waals surface area contributed by atoms with E-state index in [-0.39, 0.29) is 28.6 Å². The number of sulfone groups is 1. The second-order valence-corrected chi connectivity index (χ2v) is 11.9. The molecule has 2 aromatic heterocycles. The van der Waals surface area contributed by atoms with Crippen LogP contribution in [0.4, 0.5) is 4.39 Å². The highest BCUT2D eigenvalue weighted by molar-refractivity contribution is 7.91. The van der Waals surface area contributed by atoms with Gasteiger partial charge in [-0.15, -0.1) is 0 Å². The summed E-state index contributed by atoms with van der Waals surface area (Å²) in [4.78, 5) is 21.3. The molecule has 0 bridgehead atoms. The van der Waals surface area contributed by atoms with E-state index in [9.17, 15) is 28.0 Å². The zero-order chi connectivity index (χ0) is 28.6. The quantitative estimate of drug-likeness (QED) is 0.318. The Morgan fingerprint density at radius 1 is 1.18 bits per heavy atom. The van der Waals surface area contributed by atoms with Gasteiger partial charge in [0.05, 0.1) is 22.6 Å². The number of hydrogen-bond donors (Lipinski definition) is 1. The van der Waals surface area contributed by atoms with Crippen LogP contribution in [-0.4, -0.2) is 28.1 Å². The molecule has 204 valence electrons. The Morgan fingerprint density at radius 2 is 1.90 bits per heavy atom. The molecule has 0 amide bonds. The molecular weight excluding hydrogens is 531 g/mol. The third-order valence-electron chi connectivity index (χ3n) is 7.19. The highest BCUT2D eigenvalue weighted by atomic mass is 32.2. The average Bonchev–Trinajstić information content (AvgIpc) is 3.74. The van der Waals surface area contributed by atoms with Gasteiger partial charge in [-0.3, -0.25) is 14.3 Å². The Kier molecular flexibility index (Phi) is 7.25. The van der Waals surface area contributed by atoms with Gasteiger partial charge in [-0.25, -0.2) is 12.8 Å². The summed E-state index contributed by atoms with van der Waals surface area (Å²) in [5.74, 6) is -1.03. The first-order valence-electron chi connectivity index (χ1n) is 12.9. The standard InChI is InChI=1S/C30H27FN4O4S/c1-3-26(22-12-20(16-32)13-23(31)15-22)35-27(14-19-4-5-19)34-29(36)28(30(35)37)40(38,39)24-8-6-21(7-9-24)25-10-11-33-17-18(25)2/h6-13,15,17,19,26,36H,3-5,14H2,1-2H3/t26-/m0/s1. The lowest BCUT2D eigenvalue weighted by Crippen LogP contribution is -2.33. The van der Waals surface area contributed by atoms with Gasteiger partial charge in [0, 0.05) is 18.8 Å². The van der Waals surface area contributed by atoms with Crippen LogP contribution in [0, 0.1) is 30.0 Å². The third kappa shape index (κ3) is 5.12. The van der Waals surface area contributed by atoms with Gasteiger partial charge in [0.1, 0.15) is 11.6 Å². The topological polar surface area (TPSA) is 126 Å². The van der Waals surface area contributed by atoms with Crippen molar-refractivity contribution in [3.05, 3.63) is 99.6 Å². The Morgan fingerprint density at radius 3 is 2.52 bits per heavy atom. The molecule has 2 aromatic carbocycles. The molecule has 1 aliphatic carbocycles. The van der Waals surface area contributed by atoms with Crippen LogP contribution < -0.4 is 5.56 Å². The van der Waals surface area contributed by atoms with Crippen molar-refractivity contribution in [2.24, 2.45) is 5.92 Å². The zero-order valence-electron chi connectivity index (χ0n) is 22.0. The van der Waals surface area contributed by atoms with Gasteiger partial charge in [-0.2, -0.15) is 10.2 Å². The van der Waals surface area contributed by atoms with Gasteiger partial charge in [0.25, 0.3) is 5.56 Å². The van der Waals surface area contributed by atoms with Gasteiger partial charge in [0.15, 0.2) is 4.90 Å². The molecule has 0 spiro atoms. The summed E-state index contributed by atoms with van der Waals surface area (Å²) >= 11 is 0. The lowest BCUT2D eigenvalue weighted by atomic mass is 10.0. The van der Waals surface area contributed by atoms with E-state index in [1.807, 2.05) is 19.1 Å². The Hall–Kier alpha value is -4.36. The van der Waals surface area contributed by atoms with Crippen LogP contribution in [0.3, 0.4) is 0 Å². The zero-order valence-corrected chi connectivity index (χ0v) is 22.8. The summed E-state index contributed by atoms with van der Waals surface area (Å²) in [6.07, 6.45) is 5.85. The summed E-state index contributed by atoms with van der Waals surface area (Å²) in [5, 5.41) is 20.2. The molecule has 5 rings (SSSR count). The molecule has 1 N–H and O–H groups in total. The number of nitriles is 1. The predicted octanol–water partition coefficient (Wildman–Crippen LogP) is 5.11. The Labute approximate surface area is 231 Å². The number of aromatic nitrogens is 3. The van der Waals surface area contributed by atoms with Crippen LogP contribution in [0.2, 0.25) is 0 Å². The summed E-state index contributed by atoms with van der Waals surface area (Å²) in [5.41, 5.74) is 2.04. The molecule has 2 heterocycles. The monoisotopic (exact) mass is 558 g/mol. The molecule has 0 saturated heterocycles. The second-order valence-electron chi connectivity index (χ2n) is 10.0. The van der Waals surface area contributed by atoms with E-state index in [1.54, 1.807) is 31.5 Å². The molecule has 4 aromatic rings. The van der Waals surface area contributed by atoms with Gasteiger partial charge in [0.2, 0.25) is 15.7 Å². The minimum absolute atomic E-state index is 0.0781. The van der Waals surface area contributed by atoms with E-state index in [4.69, 9.17) is 0 Å². The van der Waals surface area contributed by atoms with Crippen LogP contribution in [0.1, 0.15) is 54.7 Å². The molecule has 40 heavy (non-hydrogen) atoms. The van der Waals surface area contributed by atoms with Crippen molar-refractivity contribution >= 4 is 9.84 Å². The number of pyridine rings is 1. The molecule has 1 atom stereocenters. The van der Waals surface area contributed by atoms with Crippen LogP contribution in [0.25, 0.3) is 11.1 Å². The van der Waals surface area contributed by atoms with Crippen LogP contribution in [0.15, 0.2) is 75.5 Å². The van der Waals surface area contributed by atoms with Crippen molar-refractivity contribution in [3.63, 3.8) is 0 Å². The Bertz CT molecular complexity index is 1810.